The van der Waals surface area contributed by atoms with E-state index >= 15 is 0 Å². The minimum absolute atomic E-state index is 0.188. The van der Waals surface area contributed by atoms with Gasteiger partial charge >= 0.3 is 0 Å². The van der Waals surface area contributed by atoms with Crippen molar-refractivity contribution >= 4 is 5.91 Å². The topological polar surface area (TPSA) is 38.3 Å². The Kier molecular flexibility index (Phi) is 2.54. The van der Waals surface area contributed by atoms with Gasteiger partial charge in [-0.05, 0) is 48.4 Å². The Morgan fingerprint density at radius 2 is 2.29 bits per heavy atom. The monoisotopic (exact) mass is 231 g/mol. The van der Waals surface area contributed by atoms with Gasteiger partial charge in [0.15, 0.2) is 0 Å². The van der Waals surface area contributed by atoms with E-state index in [1.807, 2.05) is 6.07 Å². The van der Waals surface area contributed by atoms with Gasteiger partial charge in [-0.15, -0.1) is 0 Å². The van der Waals surface area contributed by atoms with Crippen LogP contribution in [-0.2, 0) is 11.2 Å². The average molecular weight is 231 g/mol. The molecule has 2 atom stereocenters. The highest BCUT2D eigenvalue weighted by Crippen LogP contribution is 2.38. The van der Waals surface area contributed by atoms with Gasteiger partial charge in [0.05, 0.1) is 13.2 Å². The molecule has 2 aliphatic rings. The number of amides is 1. The van der Waals surface area contributed by atoms with E-state index in [0.717, 1.165) is 25.0 Å². The summed E-state index contributed by atoms with van der Waals surface area (Å²) in [7, 11) is 1.68. The maximum absolute atomic E-state index is 11.6. The van der Waals surface area contributed by atoms with E-state index in [1.165, 1.54) is 11.1 Å². The van der Waals surface area contributed by atoms with Gasteiger partial charge in [-0.3, -0.25) is 4.79 Å². The van der Waals surface area contributed by atoms with Crippen LogP contribution in [0.5, 0.6) is 5.75 Å². The van der Waals surface area contributed by atoms with Crippen LogP contribution in [0.3, 0.4) is 0 Å². The molecule has 0 aromatic heterocycles. The molecule has 17 heavy (non-hydrogen) atoms. The number of fused-ring (bicyclic) bond motifs is 4. The molecule has 0 saturated carbocycles. The van der Waals surface area contributed by atoms with Crippen LogP contribution in [0.1, 0.15) is 36.4 Å². The summed E-state index contributed by atoms with van der Waals surface area (Å²) in [6.07, 6.45) is 3.87. The predicted octanol–water partition coefficient (Wildman–Crippen LogP) is 2.21. The second-order valence-electron chi connectivity index (χ2n) is 5.03. The van der Waals surface area contributed by atoms with Crippen molar-refractivity contribution in [1.82, 2.24) is 5.32 Å². The number of carbonyl (C=O) groups excluding carboxylic acids is 1. The van der Waals surface area contributed by atoms with Gasteiger partial charge in [0.2, 0.25) is 5.91 Å². The molecular weight excluding hydrogens is 214 g/mol. The zero-order valence-electron chi connectivity index (χ0n) is 10.0. The largest absolute Gasteiger partial charge is 0.497 e. The number of carbonyl (C=O) groups is 1. The molecule has 1 fully saturated rings. The van der Waals surface area contributed by atoms with Crippen LogP contribution in [0.25, 0.3) is 0 Å². The van der Waals surface area contributed by atoms with Crippen LogP contribution >= 0.6 is 0 Å². The van der Waals surface area contributed by atoms with Crippen LogP contribution in [0, 0.1) is 5.92 Å². The van der Waals surface area contributed by atoms with E-state index in [1.54, 1.807) is 7.11 Å². The number of nitrogens with one attached hydrogen (secondary N) is 1. The van der Waals surface area contributed by atoms with Crippen LogP contribution < -0.4 is 10.1 Å². The molecule has 1 aliphatic carbocycles. The molecule has 3 rings (SSSR count). The lowest BCUT2D eigenvalue weighted by atomic mass is 9.80. The molecule has 1 amide bonds. The van der Waals surface area contributed by atoms with E-state index in [9.17, 15) is 4.79 Å². The number of hydrogen-bond donors (Lipinski definition) is 1. The lowest BCUT2D eigenvalue weighted by Crippen LogP contribution is -2.29. The first-order valence-corrected chi connectivity index (χ1v) is 6.22. The zero-order chi connectivity index (χ0) is 11.8. The van der Waals surface area contributed by atoms with Gasteiger partial charge in [0.25, 0.3) is 0 Å². The number of hydrogen-bond acceptors (Lipinski definition) is 2. The van der Waals surface area contributed by atoms with Crippen molar-refractivity contribution < 1.29 is 9.53 Å². The van der Waals surface area contributed by atoms with Crippen molar-refractivity contribution in [2.45, 2.75) is 31.7 Å². The Morgan fingerprint density at radius 3 is 3.12 bits per heavy atom. The molecule has 90 valence electrons. The Balaban J connectivity index is 2.01. The summed E-state index contributed by atoms with van der Waals surface area (Å²) in [6, 6.07) is 6.42. The molecule has 1 saturated heterocycles. The smallest absolute Gasteiger partial charge is 0.220 e. The first-order valence-electron chi connectivity index (χ1n) is 6.22. The predicted molar refractivity (Wildman–Crippen MR) is 64.9 cm³/mol. The number of ether oxygens (including phenoxy) is 1. The fourth-order valence-corrected chi connectivity index (χ4v) is 3.02. The number of rotatable bonds is 1. The van der Waals surface area contributed by atoms with Crippen molar-refractivity contribution in [2.75, 3.05) is 7.11 Å². The summed E-state index contributed by atoms with van der Waals surface area (Å²) in [5.74, 6) is 1.72. The maximum Gasteiger partial charge on any atom is 0.220 e. The molecule has 1 aromatic rings. The van der Waals surface area contributed by atoms with Crippen molar-refractivity contribution in [3.05, 3.63) is 29.3 Å². The highest BCUT2D eigenvalue weighted by Gasteiger charge is 2.31. The van der Waals surface area contributed by atoms with Gasteiger partial charge in [0.1, 0.15) is 5.75 Å². The standard InChI is InChI=1S/C14H17NO2/c1-17-11-4-3-10-6-9-2-5-14(16)15-13(7-9)12(10)8-11/h3-4,8-9,13H,2,5-7H2,1H3,(H,15,16)/t9-,13+/m0/s1. The van der Waals surface area contributed by atoms with E-state index in [4.69, 9.17) is 4.74 Å². The van der Waals surface area contributed by atoms with Crippen molar-refractivity contribution in [1.29, 1.82) is 0 Å². The lowest BCUT2D eigenvalue weighted by Gasteiger charge is -2.29. The van der Waals surface area contributed by atoms with E-state index in [2.05, 4.69) is 17.4 Å². The van der Waals surface area contributed by atoms with Crippen molar-refractivity contribution in [3.63, 3.8) is 0 Å². The summed E-state index contributed by atoms with van der Waals surface area (Å²) < 4.78 is 5.26. The third-order valence-electron chi connectivity index (χ3n) is 3.92. The molecule has 0 unspecified atom stereocenters. The third kappa shape index (κ3) is 1.90. The first-order chi connectivity index (χ1) is 8.26. The summed E-state index contributed by atoms with van der Waals surface area (Å²) >= 11 is 0. The van der Waals surface area contributed by atoms with Crippen LogP contribution in [0.2, 0.25) is 0 Å². The molecule has 0 spiro atoms. The molecule has 0 radical (unpaired) electrons. The molecule has 1 N–H and O–H groups in total. The molecule has 2 bridgehead atoms. The highest BCUT2D eigenvalue weighted by molar-refractivity contribution is 5.77. The third-order valence-corrected chi connectivity index (χ3v) is 3.92. The van der Waals surface area contributed by atoms with Gasteiger partial charge in [-0.25, -0.2) is 0 Å². The van der Waals surface area contributed by atoms with Gasteiger partial charge in [-0.1, -0.05) is 6.07 Å². The molecule has 1 heterocycles. The number of methoxy groups -OCH3 is 1. The second kappa shape index (κ2) is 4.06. The molecule has 1 aliphatic heterocycles. The van der Waals surface area contributed by atoms with E-state index in [-0.39, 0.29) is 11.9 Å². The minimum Gasteiger partial charge on any atom is -0.497 e. The van der Waals surface area contributed by atoms with E-state index < -0.39 is 0 Å². The van der Waals surface area contributed by atoms with Crippen LogP contribution in [-0.4, -0.2) is 13.0 Å². The maximum atomic E-state index is 11.6. The molecule has 3 heteroatoms. The van der Waals surface area contributed by atoms with Gasteiger partial charge in [-0.2, -0.15) is 0 Å². The average Bonchev–Trinajstić information content (AvgIpc) is 2.49. The fraction of sp³-hybridized carbons (Fsp3) is 0.500. The van der Waals surface area contributed by atoms with Crippen LogP contribution in [0.4, 0.5) is 0 Å². The Hall–Kier alpha value is -1.51. The summed E-state index contributed by atoms with van der Waals surface area (Å²) in [6.45, 7) is 0. The highest BCUT2D eigenvalue weighted by atomic mass is 16.5. The minimum atomic E-state index is 0.188. The number of benzene rings is 1. The Bertz CT molecular complexity index is 456. The summed E-state index contributed by atoms with van der Waals surface area (Å²) in [5.41, 5.74) is 2.62. The zero-order valence-corrected chi connectivity index (χ0v) is 10.0. The lowest BCUT2D eigenvalue weighted by molar-refractivity contribution is -0.121. The SMILES string of the molecule is COc1ccc2c(c1)[C@H]1C[C@@H](CCC(=O)N1)C2. The van der Waals surface area contributed by atoms with E-state index in [0.29, 0.717) is 12.3 Å². The van der Waals surface area contributed by atoms with Gasteiger partial charge < -0.3 is 10.1 Å². The van der Waals surface area contributed by atoms with Crippen LogP contribution in [0.15, 0.2) is 18.2 Å². The van der Waals surface area contributed by atoms with Crippen molar-refractivity contribution in [3.8, 4) is 5.75 Å². The first kappa shape index (κ1) is 10.6. The molecular formula is C14H17NO2. The Labute approximate surface area is 101 Å². The fourth-order valence-electron chi connectivity index (χ4n) is 3.02. The van der Waals surface area contributed by atoms with Crippen molar-refractivity contribution in [2.24, 2.45) is 5.92 Å². The summed E-state index contributed by atoms with van der Waals surface area (Å²) in [4.78, 5) is 11.6. The molecule has 1 aromatic carbocycles. The summed E-state index contributed by atoms with van der Waals surface area (Å²) in [5, 5.41) is 3.12. The normalized spacial score (nSPS) is 26.8. The van der Waals surface area contributed by atoms with Gasteiger partial charge in [0, 0.05) is 6.42 Å². The quantitative estimate of drug-likeness (QED) is 0.804. The second-order valence-corrected chi connectivity index (χ2v) is 5.03. The Morgan fingerprint density at radius 1 is 1.41 bits per heavy atom. The molecule has 3 nitrogen and oxygen atoms in total.